The van der Waals surface area contributed by atoms with Gasteiger partial charge in [0.05, 0.1) is 0 Å². The number of fused-ring (bicyclic) bond motifs is 1. The number of aliphatic carboxylic acids is 1. The minimum Gasteiger partial charge on any atom is -0.479 e. The molecule has 2 heterocycles. The smallest absolute Gasteiger partial charge is 0.331 e. The van der Waals surface area contributed by atoms with Crippen LogP contribution in [0.5, 0.6) is 0 Å². The largest absolute Gasteiger partial charge is 0.479 e. The molecule has 0 aliphatic carbocycles. The number of terminal acetylenes is 1. The van der Waals surface area contributed by atoms with Crippen molar-refractivity contribution in [3.05, 3.63) is 21.9 Å². The highest BCUT2D eigenvalue weighted by Crippen LogP contribution is 2.33. The summed E-state index contributed by atoms with van der Waals surface area (Å²) in [5.74, 6) is 0.365. The Morgan fingerprint density at radius 3 is 3.00 bits per heavy atom. The molecule has 0 radical (unpaired) electrons. The van der Waals surface area contributed by atoms with E-state index in [-0.39, 0.29) is 0 Å². The van der Waals surface area contributed by atoms with Crippen LogP contribution in [0.15, 0.2) is 11.4 Å². The van der Waals surface area contributed by atoms with Crippen LogP contribution in [0, 0.1) is 12.3 Å². The van der Waals surface area contributed by atoms with Gasteiger partial charge in [-0.3, -0.25) is 4.79 Å². The van der Waals surface area contributed by atoms with Gasteiger partial charge >= 0.3 is 5.97 Å². The molecule has 1 N–H and O–H groups in total. The summed E-state index contributed by atoms with van der Waals surface area (Å²) in [5, 5.41) is 11.0. The molecule has 4 nitrogen and oxygen atoms in total. The maximum absolute atomic E-state index is 11.4. The third-order valence-corrected chi connectivity index (χ3v) is 3.58. The predicted molar refractivity (Wildman–Crippen MR) is 58.9 cm³/mol. The van der Waals surface area contributed by atoms with Crippen LogP contribution in [-0.2, 0) is 16.0 Å². The first kappa shape index (κ1) is 10.7. The van der Waals surface area contributed by atoms with Crippen LogP contribution in [0.25, 0.3) is 0 Å². The van der Waals surface area contributed by atoms with Crippen molar-refractivity contribution in [1.29, 1.82) is 0 Å². The van der Waals surface area contributed by atoms with Crippen molar-refractivity contribution in [3.63, 3.8) is 0 Å². The number of carbonyl (C=O) groups excluding carboxylic acids is 1. The highest BCUT2D eigenvalue weighted by Gasteiger charge is 2.35. The fourth-order valence-electron chi connectivity index (χ4n) is 1.88. The maximum atomic E-state index is 11.4. The van der Waals surface area contributed by atoms with Gasteiger partial charge in [0.2, 0.25) is 0 Å². The van der Waals surface area contributed by atoms with Gasteiger partial charge in [-0.05, 0) is 29.4 Å². The summed E-state index contributed by atoms with van der Waals surface area (Å²) >= 11 is 1.51. The van der Waals surface area contributed by atoms with E-state index in [1.54, 1.807) is 6.07 Å². The van der Waals surface area contributed by atoms with Crippen LogP contribution in [0.4, 0.5) is 0 Å². The average Bonchev–Trinajstić information content (AvgIpc) is 2.73. The first-order valence-corrected chi connectivity index (χ1v) is 5.59. The van der Waals surface area contributed by atoms with E-state index in [9.17, 15) is 9.59 Å². The Hall–Kier alpha value is -1.80. The van der Waals surface area contributed by atoms with E-state index in [1.807, 2.05) is 11.3 Å². The molecule has 0 aromatic carbocycles. The van der Waals surface area contributed by atoms with Crippen LogP contribution in [-0.4, -0.2) is 28.4 Å². The molecule has 1 aliphatic heterocycles. The Bertz CT molecular complexity index is 486. The van der Waals surface area contributed by atoms with Crippen LogP contribution in [0.1, 0.15) is 16.5 Å². The Morgan fingerprint density at radius 2 is 2.38 bits per heavy atom. The molecule has 16 heavy (non-hydrogen) atoms. The van der Waals surface area contributed by atoms with Crippen molar-refractivity contribution < 1.29 is 14.7 Å². The normalized spacial score (nSPS) is 18.7. The first-order valence-electron chi connectivity index (χ1n) is 4.71. The quantitative estimate of drug-likeness (QED) is 0.735. The van der Waals surface area contributed by atoms with Crippen molar-refractivity contribution >= 4 is 23.2 Å². The van der Waals surface area contributed by atoms with Crippen LogP contribution in [0.3, 0.4) is 0 Å². The zero-order valence-electron chi connectivity index (χ0n) is 8.34. The van der Waals surface area contributed by atoms with Crippen LogP contribution in [0.2, 0.25) is 0 Å². The molecular formula is C11H9NO3S. The molecule has 2 rings (SSSR count). The summed E-state index contributed by atoms with van der Waals surface area (Å²) in [7, 11) is 0. The zero-order chi connectivity index (χ0) is 11.7. The summed E-state index contributed by atoms with van der Waals surface area (Å²) < 4.78 is 0. The van der Waals surface area contributed by atoms with Gasteiger partial charge in [0.15, 0.2) is 6.04 Å². The lowest BCUT2D eigenvalue weighted by molar-refractivity contribution is -0.149. The Morgan fingerprint density at radius 1 is 1.62 bits per heavy atom. The fourth-order valence-corrected chi connectivity index (χ4v) is 2.79. The van der Waals surface area contributed by atoms with Crippen molar-refractivity contribution in [2.45, 2.75) is 12.5 Å². The highest BCUT2D eigenvalue weighted by molar-refractivity contribution is 7.10. The molecule has 0 saturated carbocycles. The molecule has 0 saturated heterocycles. The van der Waals surface area contributed by atoms with Gasteiger partial charge < -0.3 is 10.0 Å². The molecule has 1 aromatic rings. The van der Waals surface area contributed by atoms with E-state index in [4.69, 9.17) is 11.5 Å². The number of carboxylic acids is 1. The summed E-state index contributed by atoms with van der Waals surface area (Å²) in [6, 6.07) is 0.813. The molecule has 1 aromatic heterocycles. The van der Waals surface area contributed by atoms with Crippen molar-refractivity contribution in [3.8, 4) is 12.3 Å². The van der Waals surface area contributed by atoms with Gasteiger partial charge in [-0.1, -0.05) is 0 Å². The molecule has 0 spiro atoms. The zero-order valence-corrected chi connectivity index (χ0v) is 9.16. The molecular weight excluding hydrogens is 226 g/mol. The summed E-state index contributed by atoms with van der Waals surface area (Å²) in [5.41, 5.74) is 0.687. The van der Waals surface area contributed by atoms with Crippen molar-refractivity contribution in [2.24, 2.45) is 0 Å². The van der Waals surface area contributed by atoms with E-state index in [2.05, 4.69) is 0 Å². The molecule has 0 bridgehead atoms. The molecule has 0 fully saturated rings. The van der Waals surface area contributed by atoms with Gasteiger partial charge in [0, 0.05) is 11.4 Å². The molecule has 1 unspecified atom stereocenters. The van der Waals surface area contributed by atoms with E-state index in [0.717, 1.165) is 4.88 Å². The highest BCUT2D eigenvalue weighted by atomic mass is 32.1. The van der Waals surface area contributed by atoms with Crippen molar-refractivity contribution in [2.75, 3.05) is 6.54 Å². The second kappa shape index (κ2) is 3.99. The van der Waals surface area contributed by atoms with E-state index in [0.29, 0.717) is 18.5 Å². The van der Waals surface area contributed by atoms with Gasteiger partial charge in [-0.2, -0.15) is 0 Å². The lowest BCUT2D eigenvalue weighted by Crippen LogP contribution is -2.42. The number of carbonyl (C=O) groups is 2. The SMILES string of the molecule is C#CC(=O)N1CCc2sccc2C1C(=O)O. The minimum absolute atomic E-state index is 0.369. The second-order valence-corrected chi connectivity index (χ2v) is 4.43. The summed E-state index contributed by atoms with van der Waals surface area (Å²) in [4.78, 5) is 24.9. The summed E-state index contributed by atoms with van der Waals surface area (Å²) in [6.45, 7) is 0.369. The lowest BCUT2D eigenvalue weighted by atomic mass is 10.00. The standard InChI is InChI=1S/C11H9NO3S/c1-2-9(13)12-5-3-8-7(4-6-16-8)10(12)11(14)15/h1,4,6,10H,3,5H2,(H,14,15). The number of hydrogen-bond acceptors (Lipinski definition) is 3. The number of carboxylic acid groups (broad SMARTS) is 1. The molecule has 5 heteroatoms. The third kappa shape index (κ3) is 1.57. The number of amides is 1. The predicted octanol–water partition coefficient (Wildman–Crippen LogP) is 0.892. The monoisotopic (exact) mass is 235 g/mol. The number of thiophene rings is 1. The average molecular weight is 235 g/mol. The Kier molecular flexibility index (Phi) is 2.67. The van der Waals surface area contributed by atoms with Crippen molar-refractivity contribution in [1.82, 2.24) is 4.90 Å². The molecule has 1 amide bonds. The van der Waals surface area contributed by atoms with E-state index < -0.39 is 17.9 Å². The molecule has 1 aliphatic rings. The van der Waals surface area contributed by atoms with Gasteiger partial charge in [-0.25, -0.2) is 4.79 Å². The molecule has 1 atom stereocenters. The van der Waals surface area contributed by atoms with Gasteiger partial charge in [0.25, 0.3) is 5.91 Å². The van der Waals surface area contributed by atoms with Crippen LogP contribution < -0.4 is 0 Å². The van der Waals surface area contributed by atoms with E-state index in [1.165, 1.54) is 16.2 Å². The minimum atomic E-state index is -1.04. The maximum Gasteiger partial charge on any atom is 0.331 e. The summed E-state index contributed by atoms with van der Waals surface area (Å²) in [6.07, 6.45) is 5.70. The fraction of sp³-hybridized carbons (Fsp3) is 0.273. The van der Waals surface area contributed by atoms with Crippen LogP contribution >= 0.6 is 11.3 Å². The second-order valence-electron chi connectivity index (χ2n) is 3.43. The topological polar surface area (TPSA) is 57.6 Å². The first-order chi connectivity index (χ1) is 7.65. The van der Waals surface area contributed by atoms with Gasteiger partial charge in [-0.15, -0.1) is 17.8 Å². The number of hydrogen-bond donors (Lipinski definition) is 1. The Labute approximate surface area is 96.5 Å². The third-order valence-electron chi connectivity index (χ3n) is 2.58. The Balaban J connectivity index is 2.43. The number of rotatable bonds is 1. The van der Waals surface area contributed by atoms with Gasteiger partial charge in [0.1, 0.15) is 0 Å². The molecule has 82 valence electrons. The lowest BCUT2D eigenvalue weighted by Gasteiger charge is -2.31. The van der Waals surface area contributed by atoms with E-state index >= 15 is 0 Å². The number of nitrogens with zero attached hydrogens (tertiary/aromatic N) is 1.